The van der Waals surface area contributed by atoms with Crippen LogP contribution in [0, 0.1) is 5.92 Å². The van der Waals surface area contributed by atoms with Crippen molar-refractivity contribution in [2.75, 3.05) is 0 Å². The maximum atomic E-state index is 13.1. The number of primary amides is 2. The van der Waals surface area contributed by atoms with Crippen LogP contribution in [0.15, 0.2) is 30.5 Å². The molecule has 1 heterocycles. The molecule has 14 heteroatoms. The van der Waals surface area contributed by atoms with Crippen LogP contribution in [0.5, 0.6) is 0 Å². The van der Waals surface area contributed by atoms with Gasteiger partial charge in [-0.05, 0) is 30.4 Å². The molecule has 0 aliphatic carbocycles. The monoisotopic (exact) mass is 545 g/mol. The highest BCUT2D eigenvalue weighted by Gasteiger charge is 2.32. The lowest BCUT2D eigenvalue weighted by atomic mass is 10.0. The van der Waals surface area contributed by atoms with Gasteiger partial charge >= 0.3 is 5.97 Å². The predicted octanol–water partition coefficient (Wildman–Crippen LogP) is -1.63. The summed E-state index contributed by atoms with van der Waals surface area (Å²) in [5.41, 5.74) is 18.1. The van der Waals surface area contributed by atoms with Crippen LogP contribution in [0.2, 0.25) is 0 Å². The topological polar surface area (TPSA) is 253 Å². The third kappa shape index (κ3) is 9.10. The van der Waals surface area contributed by atoms with Crippen LogP contribution in [0.25, 0.3) is 10.9 Å². The van der Waals surface area contributed by atoms with Crippen LogP contribution >= 0.6 is 0 Å². The lowest BCUT2D eigenvalue weighted by molar-refractivity contribution is -0.144. The quantitative estimate of drug-likeness (QED) is 0.129. The number of carboxylic acid groups (broad SMARTS) is 1. The van der Waals surface area contributed by atoms with Gasteiger partial charge in [-0.3, -0.25) is 24.0 Å². The van der Waals surface area contributed by atoms with Gasteiger partial charge in [0.25, 0.3) is 0 Å². The number of rotatable bonds is 15. The van der Waals surface area contributed by atoms with Gasteiger partial charge in [0.15, 0.2) is 0 Å². The number of hydrogen-bond acceptors (Lipinski definition) is 7. The van der Waals surface area contributed by atoms with E-state index in [-0.39, 0.29) is 19.3 Å². The van der Waals surface area contributed by atoms with Crippen molar-refractivity contribution in [2.24, 2.45) is 23.1 Å². The Kier molecular flexibility index (Phi) is 11.0. The molecule has 0 fully saturated rings. The highest BCUT2D eigenvalue weighted by Crippen LogP contribution is 2.19. The molecule has 0 aliphatic rings. The van der Waals surface area contributed by atoms with E-state index in [0.717, 1.165) is 16.5 Å². The number of nitrogens with one attached hydrogen (secondary N) is 4. The van der Waals surface area contributed by atoms with Crippen molar-refractivity contribution < 1.29 is 33.9 Å². The summed E-state index contributed by atoms with van der Waals surface area (Å²) in [6.45, 7) is 3.20. The molecular formula is C25H35N7O7. The van der Waals surface area contributed by atoms with Crippen molar-refractivity contribution >= 4 is 46.4 Å². The van der Waals surface area contributed by atoms with Crippen LogP contribution in [-0.4, -0.2) is 69.8 Å². The number of aliphatic carboxylic acids is 1. The SMILES string of the molecule is CC(C)C(NC(=O)C(CCC(N)=O)NC(=O)C(N)Cc1c[nH]c2ccccc12)C(=O)NC(CC(N)=O)C(=O)O. The van der Waals surface area contributed by atoms with Gasteiger partial charge in [-0.15, -0.1) is 0 Å². The summed E-state index contributed by atoms with van der Waals surface area (Å²) >= 11 is 0. The summed E-state index contributed by atoms with van der Waals surface area (Å²) in [6, 6.07) is 2.33. The Morgan fingerprint density at radius 2 is 1.54 bits per heavy atom. The fourth-order valence-corrected chi connectivity index (χ4v) is 3.92. The van der Waals surface area contributed by atoms with Gasteiger partial charge in [0.2, 0.25) is 29.5 Å². The van der Waals surface area contributed by atoms with E-state index in [1.807, 2.05) is 24.3 Å². The molecule has 14 nitrogen and oxygen atoms in total. The van der Waals surface area contributed by atoms with E-state index in [1.165, 1.54) is 0 Å². The first-order chi connectivity index (χ1) is 18.3. The van der Waals surface area contributed by atoms with Crippen LogP contribution < -0.4 is 33.2 Å². The summed E-state index contributed by atoms with van der Waals surface area (Å²) in [5.74, 6) is -5.99. The van der Waals surface area contributed by atoms with Crippen LogP contribution in [-0.2, 0) is 35.2 Å². The maximum absolute atomic E-state index is 13.1. The van der Waals surface area contributed by atoms with Crippen molar-refractivity contribution in [3.63, 3.8) is 0 Å². The Morgan fingerprint density at radius 1 is 0.897 bits per heavy atom. The third-order valence-electron chi connectivity index (χ3n) is 6.03. The fraction of sp³-hybridized carbons (Fsp3) is 0.440. The fourth-order valence-electron chi connectivity index (χ4n) is 3.92. The first-order valence-electron chi connectivity index (χ1n) is 12.3. The zero-order valence-electron chi connectivity index (χ0n) is 21.7. The molecule has 0 bridgehead atoms. The van der Waals surface area contributed by atoms with E-state index >= 15 is 0 Å². The van der Waals surface area contributed by atoms with Crippen molar-refractivity contribution in [1.82, 2.24) is 20.9 Å². The minimum Gasteiger partial charge on any atom is -0.480 e. The van der Waals surface area contributed by atoms with E-state index in [4.69, 9.17) is 17.2 Å². The molecule has 2 aromatic rings. The second-order valence-corrected chi connectivity index (χ2v) is 9.54. The Bertz CT molecular complexity index is 1230. The average molecular weight is 546 g/mol. The number of benzene rings is 1. The Labute approximate surface area is 224 Å². The molecular weight excluding hydrogens is 510 g/mol. The Hall–Kier alpha value is -4.46. The minimum atomic E-state index is -1.60. The number of amides is 5. The molecule has 11 N–H and O–H groups in total. The number of aromatic amines is 1. The normalized spacial score (nSPS) is 14.2. The second-order valence-electron chi connectivity index (χ2n) is 9.54. The predicted molar refractivity (Wildman–Crippen MR) is 140 cm³/mol. The molecule has 1 aromatic heterocycles. The molecule has 39 heavy (non-hydrogen) atoms. The van der Waals surface area contributed by atoms with E-state index < -0.39 is 72.0 Å². The number of aromatic nitrogens is 1. The highest BCUT2D eigenvalue weighted by atomic mass is 16.4. The third-order valence-corrected chi connectivity index (χ3v) is 6.03. The molecule has 2 rings (SSSR count). The van der Waals surface area contributed by atoms with Gasteiger partial charge in [-0.25, -0.2) is 4.79 Å². The van der Waals surface area contributed by atoms with E-state index in [9.17, 15) is 33.9 Å². The molecule has 0 spiro atoms. The standard InChI is InChI=1S/C25H35N7O7/c1-12(2)21(24(37)31-18(25(38)39)10-20(28)34)32-23(36)17(7-8-19(27)33)30-22(35)15(26)9-13-11-29-16-6-4-3-5-14(13)16/h3-6,11-12,15,17-18,21,29H,7-10,26H2,1-2H3,(H2,27,33)(H2,28,34)(H,30,35)(H,31,37)(H,32,36)(H,38,39). The largest absolute Gasteiger partial charge is 0.480 e. The van der Waals surface area contributed by atoms with E-state index in [1.54, 1.807) is 20.0 Å². The number of carbonyl (C=O) groups excluding carboxylic acids is 5. The molecule has 212 valence electrons. The highest BCUT2D eigenvalue weighted by molar-refractivity contribution is 5.95. The summed E-state index contributed by atoms with van der Waals surface area (Å²) in [7, 11) is 0. The zero-order chi connectivity index (χ0) is 29.3. The summed E-state index contributed by atoms with van der Waals surface area (Å²) < 4.78 is 0. The van der Waals surface area contributed by atoms with Crippen molar-refractivity contribution in [1.29, 1.82) is 0 Å². The molecule has 4 atom stereocenters. The molecule has 0 saturated heterocycles. The first kappa shape index (κ1) is 30.8. The molecule has 1 aromatic carbocycles. The van der Waals surface area contributed by atoms with E-state index in [2.05, 4.69) is 20.9 Å². The summed E-state index contributed by atoms with van der Waals surface area (Å²) in [5, 5.41) is 17.3. The van der Waals surface area contributed by atoms with E-state index in [0.29, 0.717) is 0 Å². The smallest absolute Gasteiger partial charge is 0.326 e. The molecule has 4 unspecified atom stereocenters. The van der Waals surface area contributed by atoms with Gasteiger partial charge in [-0.1, -0.05) is 32.0 Å². The number of H-pyrrole nitrogens is 1. The van der Waals surface area contributed by atoms with Crippen LogP contribution in [0.4, 0.5) is 0 Å². The lowest BCUT2D eigenvalue weighted by Gasteiger charge is -2.27. The molecule has 0 radical (unpaired) electrons. The molecule has 0 saturated carbocycles. The Morgan fingerprint density at radius 3 is 2.13 bits per heavy atom. The first-order valence-corrected chi connectivity index (χ1v) is 12.3. The number of carbonyl (C=O) groups is 6. The lowest BCUT2D eigenvalue weighted by Crippen LogP contribution is -2.58. The average Bonchev–Trinajstić information content (AvgIpc) is 3.26. The minimum absolute atomic E-state index is 0.160. The number of fused-ring (bicyclic) bond motifs is 1. The summed E-state index contributed by atoms with van der Waals surface area (Å²) in [4.78, 5) is 75.9. The Balaban J connectivity index is 2.14. The zero-order valence-corrected chi connectivity index (χ0v) is 21.7. The maximum Gasteiger partial charge on any atom is 0.326 e. The van der Waals surface area contributed by atoms with Gasteiger partial charge < -0.3 is 43.2 Å². The number of nitrogens with two attached hydrogens (primary N) is 3. The van der Waals surface area contributed by atoms with Crippen LogP contribution in [0.1, 0.15) is 38.7 Å². The van der Waals surface area contributed by atoms with Gasteiger partial charge in [0.1, 0.15) is 18.1 Å². The molecule has 0 aliphatic heterocycles. The molecule has 5 amide bonds. The van der Waals surface area contributed by atoms with Gasteiger partial charge in [-0.2, -0.15) is 0 Å². The summed E-state index contributed by atoms with van der Waals surface area (Å²) in [6.07, 6.45) is 0.843. The van der Waals surface area contributed by atoms with Gasteiger partial charge in [0, 0.05) is 23.5 Å². The van der Waals surface area contributed by atoms with Crippen molar-refractivity contribution in [2.45, 2.75) is 63.7 Å². The number of carboxylic acids is 1. The van der Waals surface area contributed by atoms with Crippen molar-refractivity contribution in [3.05, 3.63) is 36.0 Å². The number of para-hydroxylation sites is 1. The second kappa shape index (κ2) is 13.9. The number of hydrogen-bond donors (Lipinski definition) is 8. The van der Waals surface area contributed by atoms with Gasteiger partial charge in [0.05, 0.1) is 12.5 Å². The van der Waals surface area contributed by atoms with Crippen molar-refractivity contribution in [3.8, 4) is 0 Å². The van der Waals surface area contributed by atoms with Crippen LogP contribution in [0.3, 0.4) is 0 Å².